The van der Waals surface area contributed by atoms with Gasteiger partial charge in [-0.3, -0.25) is 0 Å². The van der Waals surface area contributed by atoms with Crippen molar-refractivity contribution in [3.63, 3.8) is 0 Å². The van der Waals surface area contributed by atoms with Crippen molar-refractivity contribution in [3.05, 3.63) is 23.8 Å². The molecule has 9 atom stereocenters. The first-order valence-electron chi connectivity index (χ1n) is 14.1. The highest BCUT2D eigenvalue weighted by atomic mass is 16.3. The Morgan fingerprint density at radius 1 is 1.00 bits per heavy atom. The third-order valence-electron chi connectivity index (χ3n) is 12.0. The van der Waals surface area contributed by atoms with Gasteiger partial charge < -0.3 is 5.11 Å². The zero-order chi connectivity index (χ0) is 23.3. The topological polar surface area (TPSA) is 20.2 Å². The standard InChI is InChI=1S/C31H52O/c1-8-23(21(2)3)11-9-10-22(4)26-15-18-31(7)28-13-12-24-20-25(32)14-17-29(24,5)27(28)16-19-30(26,31)6/h9-10,12,21-23,25-28,32H,8,11,13-20H2,1-7H3. The third kappa shape index (κ3) is 3.77. The molecule has 4 rings (SSSR count). The SMILES string of the molecule is CCC(CC=CC(C)C1CCC2(C)C3CC=C4CC(O)CCC4(C)C3CCC12C)C(C)C. The molecule has 9 unspecified atom stereocenters. The Labute approximate surface area is 199 Å². The van der Waals surface area contributed by atoms with Gasteiger partial charge >= 0.3 is 0 Å². The van der Waals surface area contributed by atoms with Crippen molar-refractivity contribution >= 4 is 0 Å². The molecule has 0 aliphatic heterocycles. The molecule has 182 valence electrons. The van der Waals surface area contributed by atoms with Crippen molar-refractivity contribution in [3.8, 4) is 0 Å². The van der Waals surface area contributed by atoms with Gasteiger partial charge in [-0.25, -0.2) is 0 Å². The van der Waals surface area contributed by atoms with Crippen LogP contribution in [-0.2, 0) is 0 Å². The summed E-state index contributed by atoms with van der Waals surface area (Å²) in [5.74, 6) is 4.80. The quantitative estimate of drug-likeness (QED) is 0.410. The van der Waals surface area contributed by atoms with E-state index in [1.54, 1.807) is 5.57 Å². The van der Waals surface area contributed by atoms with Gasteiger partial charge in [-0.1, -0.05) is 78.7 Å². The molecule has 4 aliphatic rings. The molecule has 1 heteroatoms. The van der Waals surface area contributed by atoms with Crippen LogP contribution in [-0.4, -0.2) is 11.2 Å². The van der Waals surface area contributed by atoms with Crippen molar-refractivity contribution in [1.29, 1.82) is 0 Å². The molecule has 1 N–H and O–H groups in total. The lowest BCUT2D eigenvalue weighted by Gasteiger charge is -2.62. The fourth-order valence-corrected chi connectivity index (χ4v) is 9.43. The smallest absolute Gasteiger partial charge is 0.0577 e. The van der Waals surface area contributed by atoms with E-state index in [-0.39, 0.29) is 6.10 Å². The van der Waals surface area contributed by atoms with Crippen LogP contribution in [0, 0.1) is 51.8 Å². The van der Waals surface area contributed by atoms with Crippen LogP contribution in [0.5, 0.6) is 0 Å². The molecule has 3 saturated carbocycles. The third-order valence-corrected chi connectivity index (χ3v) is 12.0. The van der Waals surface area contributed by atoms with E-state index >= 15 is 0 Å². The van der Waals surface area contributed by atoms with E-state index in [9.17, 15) is 5.11 Å². The fourth-order valence-electron chi connectivity index (χ4n) is 9.43. The van der Waals surface area contributed by atoms with E-state index in [1.807, 2.05) is 0 Å². The maximum absolute atomic E-state index is 10.3. The second-order valence-electron chi connectivity index (χ2n) is 13.4. The van der Waals surface area contributed by atoms with E-state index in [0.717, 1.165) is 42.4 Å². The first kappa shape index (κ1) is 24.6. The van der Waals surface area contributed by atoms with Gasteiger partial charge in [-0.15, -0.1) is 0 Å². The Balaban J connectivity index is 1.52. The Bertz CT molecular complexity index is 733. The van der Waals surface area contributed by atoms with E-state index in [4.69, 9.17) is 0 Å². The highest BCUT2D eigenvalue weighted by Crippen LogP contribution is 2.72. The highest BCUT2D eigenvalue weighted by Gasteiger charge is 2.64. The lowest BCUT2D eigenvalue weighted by Crippen LogP contribution is -2.55. The highest BCUT2D eigenvalue weighted by molar-refractivity contribution is 5.27. The lowest BCUT2D eigenvalue weighted by atomic mass is 9.42. The predicted octanol–water partition coefficient (Wildman–Crippen LogP) is 8.58. The molecule has 4 aliphatic carbocycles. The Morgan fingerprint density at radius 3 is 2.41 bits per heavy atom. The zero-order valence-electron chi connectivity index (χ0n) is 22.3. The van der Waals surface area contributed by atoms with Gasteiger partial charge in [-0.2, -0.15) is 0 Å². The van der Waals surface area contributed by atoms with E-state index < -0.39 is 0 Å². The summed E-state index contributed by atoms with van der Waals surface area (Å²) in [7, 11) is 0. The van der Waals surface area contributed by atoms with Crippen LogP contribution in [0.2, 0.25) is 0 Å². The first-order chi connectivity index (χ1) is 15.1. The second-order valence-corrected chi connectivity index (χ2v) is 13.4. The molecular formula is C31H52O. The largest absolute Gasteiger partial charge is 0.393 e. The number of hydrogen-bond donors (Lipinski definition) is 1. The first-order valence-corrected chi connectivity index (χ1v) is 14.1. The van der Waals surface area contributed by atoms with Gasteiger partial charge in [0, 0.05) is 0 Å². The maximum Gasteiger partial charge on any atom is 0.0577 e. The summed E-state index contributed by atoms with van der Waals surface area (Å²) in [5, 5.41) is 10.3. The predicted molar refractivity (Wildman–Crippen MR) is 137 cm³/mol. The van der Waals surface area contributed by atoms with Crippen molar-refractivity contribution < 1.29 is 5.11 Å². The average molecular weight is 441 g/mol. The summed E-state index contributed by atoms with van der Waals surface area (Å²) in [6, 6.07) is 0. The molecule has 0 amide bonds. The monoisotopic (exact) mass is 440 g/mol. The normalized spacial score (nSPS) is 45.8. The Hall–Kier alpha value is -0.560. The molecule has 0 bridgehead atoms. The van der Waals surface area contributed by atoms with Crippen LogP contribution in [0.15, 0.2) is 23.8 Å². The van der Waals surface area contributed by atoms with Crippen LogP contribution >= 0.6 is 0 Å². The van der Waals surface area contributed by atoms with E-state index in [1.165, 1.54) is 51.4 Å². The number of aliphatic hydroxyl groups excluding tert-OH is 1. The van der Waals surface area contributed by atoms with Crippen molar-refractivity contribution in [2.24, 2.45) is 51.8 Å². The van der Waals surface area contributed by atoms with Crippen LogP contribution in [0.1, 0.15) is 113 Å². The maximum atomic E-state index is 10.3. The van der Waals surface area contributed by atoms with Gasteiger partial charge in [0.05, 0.1) is 6.10 Å². The van der Waals surface area contributed by atoms with Gasteiger partial charge in [0.25, 0.3) is 0 Å². The Morgan fingerprint density at radius 2 is 1.72 bits per heavy atom. The summed E-state index contributed by atoms with van der Waals surface area (Å²) in [6.07, 6.45) is 20.2. The van der Waals surface area contributed by atoms with Crippen molar-refractivity contribution in [2.75, 3.05) is 0 Å². The number of aliphatic hydroxyl groups is 1. The average Bonchev–Trinajstić information content (AvgIpc) is 3.02. The fraction of sp³-hybridized carbons (Fsp3) is 0.871. The molecule has 0 radical (unpaired) electrons. The van der Waals surface area contributed by atoms with Crippen LogP contribution in [0.25, 0.3) is 0 Å². The minimum absolute atomic E-state index is 0.0955. The van der Waals surface area contributed by atoms with Crippen LogP contribution < -0.4 is 0 Å². The number of rotatable bonds is 6. The van der Waals surface area contributed by atoms with Crippen LogP contribution in [0.4, 0.5) is 0 Å². The molecule has 1 nitrogen and oxygen atoms in total. The molecule has 0 spiro atoms. The van der Waals surface area contributed by atoms with Gasteiger partial charge in [0.1, 0.15) is 0 Å². The van der Waals surface area contributed by atoms with Gasteiger partial charge in [-0.05, 0) is 110 Å². The summed E-state index contributed by atoms with van der Waals surface area (Å²) < 4.78 is 0. The summed E-state index contributed by atoms with van der Waals surface area (Å²) in [6.45, 7) is 17.6. The minimum atomic E-state index is -0.0955. The van der Waals surface area contributed by atoms with Crippen LogP contribution in [0.3, 0.4) is 0 Å². The molecule has 0 saturated heterocycles. The number of allylic oxidation sites excluding steroid dienone is 3. The van der Waals surface area contributed by atoms with E-state index in [0.29, 0.717) is 22.2 Å². The molecule has 0 aromatic rings. The molecule has 0 heterocycles. The molecule has 0 aromatic heterocycles. The van der Waals surface area contributed by atoms with Crippen molar-refractivity contribution in [1.82, 2.24) is 0 Å². The summed E-state index contributed by atoms with van der Waals surface area (Å²) in [5.41, 5.74) is 2.89. The molecule has 0 aromatic carbocycles. The summed E-state index contributed by atoms with van der Waals surface area (Å²) in [4.78, 5) is 0. The number of fused-ring (bicyclic) bond motifs is 5. The molecule has 3 fully saturated rings. The lowest BCUT2D eigenvalue weighted by molar-refractivity contribution is -0.111. The van der Waals surface area contributed by atoms with Gasteiger partial charge in [0.2, 0.25) is 0 Å². The van der Waals surface area contributed by atoms with Crippen molar-refractivity contribution in [2.45, 2.75) is 119 Å². The second kappa shape index (κ2) is 8.90. The Kier molecular flexibility index (Phi) is 6.83. The minimum Gasteiger partial charge on any atom is -0.393 e. The van der Waals surface area contributed by atoms with E-state index in [2.05, 4.69) is 66.7 Å². The molecular weight excluding hydrogens is 388 g/mol. The number of hydrogen-bond acceptors (Lipinski definition) is 1. The van der Waals surface area contributed by atoms with Gasteiger partial charge in [0.15, 0.2) is 0 Å². The summed E-state index contributed by atoms with van der Waals surface area (Å²) >= 11 is 0. The zero-order valence-corrected chi connectivity index (χ0v) is 22.3. The molecule has 32 heavy (non-hydrogen) atoms.